The number of hydrogen-bond acceptors (Lipinski definition) is 4. The van der Waals surface area contributed by atoms with Crippen molar-refractivity contribution >= 4 is 63.0 Å². The van der Waals surface area contributed by atoms with Gasteiger partial charge in [-0.2, -0.15) is 0 Å². The summed E-state index contributed by atoms with van der Waals surface area (Å²) in [4.78, 5) is 11.2. The molecule has 3 heterocycles. The van der Waals surface area contributed by atoms with E-state index in [-0.39, 0.29) is 0 Å². The molecule has 3 aromatic heterocycles. The van der Waals surface area contributed by atoms with Crippen molar-refractivity contribution in [2.75, 3.05) is 0 Å². The van der Waals surface area contributed by atoms with Gasteiger partial charge in [0.05, 0.1) is 11.4 Å². The maximum atomic E-state index is 5.62. The molecule has 0 fully saturated rings. The molecule has 262 valence electrons. The zero-order valence-electron chi connectivity index (χ0n) is 30.2. The van der Waals surface area contributed by atoms with Crippen molar-refractivity contribution < 1.29 is 0 Å². The molecule has 0 saturated heterocycles. The van der Waals surface area contributed by atoms with Gasteiger partial charge < -0.3 is 0 Å². The number of nitrogens with zero attached hydrogens (tertiary/aromatic N) is 2. The van der Waals surface area contributed by atoms with E-state index in [1.165, 1.54) is 51.5 Å². The van der Waals surface area contributed by atoms with Crippen LogP contribution in [0.2, 0.25) is 0 Å². The van der Waals surface area contributed by atoms with Gasteiger partial charge in [-0.15, -0.1) is 22.7 Å². The standard InChI is InChI=1S/C52H32N2S2/c1-3-16-33(17-4-1)35-20-7-8-21-37(35)40-25-13-24-36(34-18-5-2-6-19-34)49(40)52-53-45(43-28-14-26-41-38-22-9-11-30-47(38)55-50(41)43)32-46(54-52)44-29-15-27-42-39-23-10-12-31-48(39)56-51(42)44/h1-32H. The van der Waals surface area contributed by atoms with Crippen LogP contribution < -0.4 is 0 Å². The largest absolute Gasteiger partial charge is 0.228 e. The lowest BCUT2D eigenvalue weighted by Gasteiger charge is -2.19. The summed E-state index contributed by atoms with van der Waals surface area (Å²) in [5.41, 5.74) is 11.8. The molecule has 0 amide bonds. The number of hydrogen-bond donors (Lipinski definition) is 0. The highest BCUT2D eigenvalue weighted by molar-refractivity contribution is 7.26. The second-order valence-electron chi connectivity index (χ2n) is 14.0. The number of aromatic nitrogens is 2. The third-order valence-electron chi connectivity index (χ3n) is 10.8. The molecular weight excluding hydrogens is 717 g/mol. The van der Waals surface area contributed by atoms with E-state index in [0.717, 1.165) is 50.3 Å². The zero-order chi connectivity index (χ0) is 37.0. The lowest BCUT2D eigenvalue weighted by Crippen LogP contribution is -2.00. The van der Waals surface area contributed by atoms with E-state index in [9.17, 15) is 0 Å². The van der Waals surface area contributed by atoms with Crippen molar-refractivity contribution in [3.8, 4) is 67.3 Å². The molecule has 11 rings (SSSR count). The van der Waals surface area contributed by atoms with Gasteiger partial charge in [-0.25, -0.2) is 9.97 Å². The van der Waals surface area contributed by atoms with Crippen molar-refractivity contribution in [1.82, 2.24) is 9.97 Å². The Hall–Kier alpha value is -6.72. The topological polar surface area (TPSA) is 25.8 Å². The van der Waals surface area contributed by atoms with Gasteiger partial charge in [0.15, 0.2) is 5.82 Å². The van der Waals surface area contributed by atoms with Crippen LogP contribution in [0.15, 0.2) is 194 Å². The summed E-state index contributed by atoms with van der Waals surface area (Å²) in [6.07, 6.45) is 0. The predicted molar refractivity (Wildman–Crippen MR) is 240 cm³/mol. The Kier molecular flexibility index (Phi) is 7.90. The highest BCUT2D eigenvalue weighted by atomic mass is 32.1. The van der Waals surface area contributed by atoms with E-state index in [1.54, 1.807) is 0 Å². The van der Waals surface area contributed by atoms with Gasteiger partial charge in [-0.3, -0.25) is 0 Å². The van der Waals surface area contributed by atoms with E-state index in [4.69, 9.17) is 9.97 Å². The fraction of sp³-hybridized carbons (Fsp3) is 0. The number of thiophene rings is 2. The zero-order valence-corrected chi connectivity index (χ0v) is 31.8. The summed E-state index contributed by atoms with van der Waals surface area (Å²) >= 11 is 3.67. The fourth-order valence-corrected chi connectivity index (χ4v) is 10.6. The van der Waals surface area contributed by atoms with E-state index in [1.807, 2.05) is 22.7 Å². The lowest BCUT2D eigenvalue weighted by atomic mass is 9.87. The Bertz CT molecular complexity index is 3120. The molecule has 0 saturated carbocycles. The molecule has 0 radical (unpaired) electrons. The van der Waals surface area contributed by atoms with Gasteiger partial charge in [-0.1, -0.05) is 176 Å². The molecule has 0 aliphatic rings. The van der Waals surface area contributed by atoms with E-state index < -0.39 is 0 Å². The van der Waals surface area contributed by atoms with Crippen LogP contribution >= 0.6 is 22.7 Å². The first-order chi connectivity index (χ1) is 27.8. The Morgan fingerprint density at radius 3 is 1.30 bits per heavy atom. The maximum Gasteiger partial charge on any atom is 0.161 e. The lowest BCUT2D eigenvalue weighted by molar-refractivity contribution is 1.19. The first-order valence-electron chi connectivity index (χ1n) is 18.8. The third-order valence-corrected chi connectivity index (χ3v) is 13.2. The van der Waals surface area contributed by atoms with Gasteiger partial charge in [0.2, 0.25) is 0 Å². The number of fused-ring (bicyclic) bond motifs is 6. The van der Waals surface area contributed by atoms with Crippen molar-refractivity contribution in [2.45, 2.75) is 0 Å². The molecule has 8 aromatic carbocycles. The second kappa shape index (κ2) is 13.5. The first-order valence-corrected chi connectivity index (χ1v) is 20.5. The molecular formula is C52H32N2S2. The van der Waals surface area contributed by atoms with Gasteiger partial charge in [0.25, 0.3) is 0 Å². The summed E-state index contributed by atoms with van der Waals surface area (Å²) in [6, 6.07) is 69.5. The van der Waals surface area contributed by atoms with Gasteiger partial charge in [0, 0.05) is 57.0 Å². The van der Waals surface area contributed by atoms with Crippen LogP contribution in [-0.2, 0) is 0 Å². The van der Waals surface area contributed by atoms with Gasteiger partial charge in [-0.05, 0) is 51.6 Å². The van der Waals surface area contributed by atoms with Gasteiger partial charge in [0.1, 0.15) is 0 Å². The van der Waals surface area contributed by atoms with Crippen LogP contribution in [0, 0.1) is 0 Å². The highest BCUT2D eigenvalue weighted by Gasteiger charge is 2.23. The minimum Gasteiger partial charge on any atom is -0.228 e. The molecule has 4 heteroatoms. The monoisotopic (exact) mass is 748 g/mol. The Morgan fingerprint density at radius 1 is 0.304 bits per heavy atom. The van der Waals surface area contributed by atoms with E-state index >= 15 is 0 Å². The highest BCUT2D eigenvalue weighted by Crippen LogP contribution is 2.46. The van der Waals surface area contributed by atoms with Crippen molar-refractivity contribution in [3.63, 3.8) is 0 Å². The number of rotatable bonds is 6. The SMILES string of the molecule is c1ccc(-c2ccccc2-c2cccc(-c3ccccc3)c2-c2nc(-c3cccc4c3sc3ccccc34)cc(-c3cccc4c3sc3ccccc34)n2)cc1. The first kappa shape index (κ1) is 32.7. The average Bonchev–Trinajstić information content (AvgIpc) is 3.85. The summed E-state index contributed by atoms with van der Waals surface area (Å²) in [5.74, 6) is 0.700. The quantitative estimate of drug-likeness (QED) is 0.169. The Labute approximate surface area is 332 Å². The van der Waals surface area contributed by atoms with Crippen LogP contribution in [-0.4, -0.2) is 9.97 Å². The molecule has 11 aromatic rings. The summed E-state index contributed by atoms with van der Waals surface area (Å²) in [6.45, 7) is 0. The van der Waals surface area contributed by atoms with Crippen LogP contribution in [0.3, 0.4) is 0 Å². The minimum absolute atomic E-state index is 0.700. The maximum absolute atomic E-state index is 5.62. The second-order valence-corrected chi connectivity index (χ2v) is 16.1. The molecule has 56 heavy (non-hydrogen) atoms. The molecule has 2 nitrogen and oxygen atoms in total. The average molecular weight is 749 g/mol. The smallest absolute Gasteiger partial charge is 0.161 e. The molecule has 0 atom stereocenters. The fourth-order valence-electron chi connectivity index (χ4n) is 8.20. The van der Waals surface area contributed by atoms with Crippen molar-refractivity contribution in [2.24, 2.45) is 0 Å². The number of benzene rings is 8. The molecule has 0 spiro atoms. The summed E-state index contributed by atoms with van der Waals surface area (Å²) in [5, 5.41) is 5.04. The molecule has 0 unspecified atom stereocenters. The van der Waals surface area contributed by atoms with Crippen molar-refractivity contribution in [3.05, 3.63) is 194 Å². The van der Waals surface area contributed by atoms with Crippen LogP contribution in [0.25, 0.3) is 108 Å². The summed E-state index contributed by atoms with van der Waals surface area (Å²) in [7, 11) is 0. The molecule has 0 aliphatic carbocycles. The molecule has 0 aliphatic heterocycles. The van der Waals surface area contributed by atoms with Crippen LogP contribution in [0.1, 0.15) is 0 Å². The third kappa shape index (κ3) is 5.45. The van der Waals surface area contributed by atoms with Crippen LogP contribution in [0.4, 0.5) is 0 Å². The molecule has 0 bridgehead atoms. The Balaban J connectivity index is 1.25. The summed E-state index contributed by atoms with van der Waals surface area (Å²) < 4.78 is 5.01. The minimum atomic E-state index is 0.700. The van der Waals surface area contributed by atoms with Crippen molar-refractivity contribution in [1.29, 1.82) is 0 Å². The predicted octanol–water partition coefficient (Wildman–Crippen LogP) is 15.2. The van der Waals surface area contributed by atoms with E-state index in [0.29, 0.717) is 5.82 Å². The van der Waals surface area contributed by atoms with Gasteiger partial charge >= 0.3 is 0 Å². The van der Waals surface area contributed by atoms with Crippen LogP contribution in [0.5, 0.6) is 0 Å². The Morgan fingerprint density at radius 2 is 0.714 bits per heavy atom. The molecule has 0 N–H and O–H groups in total. The van der Waals surface area contributed by atoms with E-state index in [2.05, 4.69) is 194 Å². The normalized spacial score (nSPS) is 11.6.